The lowest BCUT2D eigenvalue weighted by Crippen LogP contribution is -2.22. The predicted octanol–water partition coefficient (Wildman–Crippen LogP) is 3.78. The normalized spacial score (nSPS) is 10.2. The van der Waals surface area contributed by atoms with E-state index in [-0.39, 0.29) is 12.2 Å². The second-order valence-corrected chi connectivity index (χ2v) is 4.95. The van der Waals surface area contributed by atoms with Gasteiger partial charge in [0.1, 0.15) is 11.6 Å². The average Bonchev–Trinajstić information content (AvgIpc) is 2.42. The summed E-state index contributed by atoms with van der Waals surface area (Å²) >= 11 is 3.30. The number of amides is 1. The number of anilines is 2. The molecule has 3 nitrogen and oxygen atoms in total. The van der Waals surface area contributed by atoms with Crippen LogP contribution in [0.25, 0.3) is 0 Å². The topological polar surface area (TPSA) is 41.1 Å². The van der Waals surface area contributed by atoms with E-state index in [4.69, 9.17) is 0 Å². The van der Waals surface area contributed by atoms with Gasteiger partial charge in [0.2, 0.25) is 5.91 Å². The van der Waals surface area contributed by atoms with Gasteiger partial charge in [0, 0.05) is 16.2 Å². The third kappa shape index (κ3) is 4.03. The Morgan fingerprint density at radius 3 is 2.50 bits per heavy atom. The lowest BCUT2D eigenvalue weighted by atomic mass is 10.3. The summed E-state index contributed by atoms with van der Waals surface area (Å²) in [7, 11) is 0. The summed E-state index contributed by atoms with van der Waals surface area (Å²) in [4.78, 5) is 11.6. The first-order valence-corrected chi connectivity index (χ1v) is 6.58. The second kappa shape index (κ2) is 6.47. The molecule has 1 amide bonds. The molecule has 0 radical (unpaired) electrons. The monoisotopic (exact) mass is 340 g/mol. The Morgan fingerprint density at radius 1 is 1.10 bits per heavy atom. The van der Waals surface area contributed by atoms with Crippen molar-refractivity contribution >= 4 is 33.2 Å². The summed E-state index contributed by atoms with van der Waals surface area (Å²) in [5, 5.41) is 5.18. The van der Waals surface area contributed by atoms with E-state index < -0.39 is 17.5 Å². The summed E-state index contributed by atoms with van der Waals surface area (Å²) in [5.74, 6) is -1.75. The molecule has 104 valence electrons. The highest BCUT2D eigenvalue weighted by Crippen LogP contribution is 2.16. The zero-order valence-corrected chi connectivity index (χ0v) is 11.9. The van der Waals surface area contributed by atoms with Gasteiger partial charge in [-0.05, 0) is 36.4 Å². The maximum absolute atomic E-state index is 13.3. The molecular weight excluding hydrogens is 330 g/mol. The number of halogens is 3. The van der Waals surface area contributed by atoms with Crippen molar-refractivity contribution in [2.45, 2.75) is 0 Å². The van der Waals surface area contributed by atoms with Gasteiger partial charge >= 0.3 is 0 Å². The molecule has 6 heteroatoms. The van der Waals surface area contributed by atoms with Crippen LogP contribution in [0.5, 0.6) is 0 Å². The van der Waals surface area contributed by atoms with E-state index in [9.17, 15) is 13.6 Å². The highest BCUT2D eigenvalue weighted by atomic mass is 79.9. The minimum atomic E-state index is -0.677. The third-order valence-electron chi connectivity index (χ3n) is 2.50. The van der Waals surface area contributed by atoms with Gasteiger partial charge in [0.15, 0.2) is 0 Å². The quantitative estimate of drug-likeness (QED) is 0.889. The maximum atomic E-state index is 13.3. The molecule has 2 aromatic rings. The fourth-order valence-corrected chi connectivity index (χ4v) is 1.80. The van der Waals surface area contributed by atoms with Gasteiger partial charge in [-0.15, -0.1) is 0 Å². The van der Waals surface area contributed by atoms with Crippen molar-refractivity contribution < 1.29 is 13.6 Å². The third-order valence-corrected chi connectivity index (χ3v) is 3.03. The Labute approximate surface area is 123 Å². The number of benzene rings is 2. The minimum absolute atomic E-state index is 0.0441. The molecule has 0 spiro atoms. The molecule has 2 N–H and O–H groups in total. The van der Waals surface area contributed by atoms with Gasteiger partial charge in [-0.25, -0.2) is 8.78 Å². The second-order valence-electron chi connectivity index (χ2n) is 4.03. The van der Waals surface area contributed by atoms with Crippen LogP contribution in [-0.2, 0) is 4.79 Å². The Kier molecular flexibility index (Phi) is 4.68. The van der Waals surface area contributed by atoms with Crippen LogP contribution >= 0.6 is 15.9 Å². The summed E-state index contributed by atoms with van der Waals surface area (Å²) < 4.78 is 27.2. The number of carbonyl (C=O) groups is 1. The van der Waals surface area contributed by atoms with Crippen LogP contribution in [0.1, 0.15) is 0 Å². The Morgan fingerprint density at radius 2 is 1.80 bits per heavy atom. The van der Waals surface area contributed by atoms with Crippen LogP contribution in [0.4, 0.5) is 20.2 Å². The van der Waals surface area contributed by atoms with E-state index in [0.29, 0.717) is 0 Å². The van der Waals surface area contributed by atoms with E-state index in [1.165, 1.54) is 0 Å². The van der Waals surface area contributed by atoms with Gasteiger partial charge in [0.25, 0.3) is 0 Å². The molecule has 2 aromatic carbocycles. The summed E-state index contributed by atoms with van der Waals surface area (Å²) in [6.07, 6.45) is 0. The first-order valence-electron chi connectivity index (χ1n) is 5.79. The lowest BCUT2D eigenvalue weighted by molar-refractivity contribution is -0.114. The van der Waals surface area contributed by atoms with Crippen molar-refractivity contribution in [1.29, 1.82) is 0 Å². The lowest BCUT2D eigenvalue weighted by Gasteiger charge is -2.08. The summed E-state index contributed by atoms with van der Waals surface area (Å²) in [5.41, 5.74) is 0.579. The molecule has 0 saturated carbocycles. The van der Waals surface area contributed by atoms with Crippen LogP contribution in [0.3, 0.4) is 0 Å². The standard InChI is InChI=1S/C14H11BrF2N2O/c15-9-1-4-11(5-2-9)18-8-14(20)19-13-7-10(16)3-6-12(13)17/h1-7,18H,8H2,(H,19,20). The van der Waals surface area contributed by atoms with Crippen LogP contribution < -0.4 is 10.6 Å². The first kappa shape index (κ1) is 14.5. The van der Waals surface area contributed by atoms with Crippen molar-refractivity contribution in [2.24, 2.45) is 0 Å². The Bertz CT molecular complexity index is 617. The molecule has 0 aliphatic rings. The molecule has 20 heavy (non-hydrogen) atoms. The minimum Gasteiger partial charge on any atom is -0.376 e. The molecule has 0 aliphatic heterocycles. The zero-order valence-electron chi connectivity index (χ0n) is 10.3. The number of rotatable bonds is 4. The molecule has 0 aromatic heterocycles. The van der Waals surface area contributed by atoms with E-state index in [0.717, 1.165) is 28.4 Å². The number of carbonyl (C=O) groups excluding carboxylic acids is 1. The van der Waals surface area contributed by atoms with Crippen molar-refractivity contribution in [3.05, 3.63) is 58.6 Å². The first-order chi connectivity index (χ1) is 9.54. The highest BCUT2D eigenvalue weighted by molar-refractivity contribution is 9.10. The molecule has 0 unspecified atom stereocenters. The molecule has 0 heterocycles. The van der Waals surface area contributed by atoms with Crippen LogP contribution in [-0.4, -0.2) is 12.5 Å². The molecule has 0 fully saturated rings. The van der Waals surface area contributed by atoms with E-state index in [1.54, 1.807) is 12.1 Å². The van der Waals surface area contributed by atoms with Crippen molar-refractivity contribution in [3.8, 4) is 0 Å². The molecule has 2 rings (SSSR count). The molecule has 0 saturated heterocycles. The molecule has 0 bridgehead atoms. The van der Waals surface area contributed by atoms with Crippen molar-refractivity contribution in [2.75, 3.05) is 17.2 Å². The Balaban J connectivity index is 1.92. The molecular formula is C14H11BrF2N2O. The maximum Gasteiger partial charge on any atom is 0.243 e. The van der Waals surface area contributed by atoms with Gasteiger partial charge in [0.05, 0.1) is 12.2 Å². The fourth-order valence-electron chi connectivity index (χ4n) is 1.54. The van der Waals surface area contributed by atoms with Gasteiger partial charge in [-0.3, -0.25) is 4.79 Å². The van der Waals surface area contributed by atoms with Crippen LogP contribution in [0.15, 0.2) is 46.9 Å². The van der Waals surface area contributed by atoms with Crippen molar-refractivity contribution in [1.82, 2.24) is 0 Å². The molecule has 0 atom stereocenters. The Hall–Kier alpha value is -1.95. The summed E-state index contributed by atoms with van der Waals surface area (Å²) in [6, 6.07) is 10.1. The number of nitrogens with one attached hydrogen (secondary N) is 2. The summed E-state index contributed by atoms with van der Waals surface area (Å²) in [6.45, 7) is -0.0441. The van der Waals surface area contributed by atoms with Gasteiger partial charge in [-0.1, -0.05) is 15.9 Å². The average molecular weight is 341 g/mol. The van der Waals surface area contributed by atoms with E-state index >= 15 is 0 Å². The zero-order chi connectivity index (χ0) is 14.5. The smallest absolute Gasteiger partial charge is 0.243 e. The number of hydrogen-bond acceptors (Lipinski definition) is 2. The number of hydrogen-bond donors (Lipinski definition) is 2. The highest BCUT2D eigenvalue weighted by Gasteiger charge is 2.08. The largest absolute Gasteiger partial charge is 0.376 e. The van der Waals surface area contributed by atoms with Crippen LogP contribution in [0, 0.1) is 11.6 Å². The van der Waals surface area contributed by atoms with Crippen molar-refractivity contribution in [3.63, 3.8) is 0 Å². The molecule has 0 aliphatic carbocycles. The fraction of sp³-hybridized carbons (Fsp3) is 0.0714. The van der Waals surface area contributed by atoms with Gasteiger partial charge < -0.3 is 10.6 Å². The van der Waals surface area contributed by atoms with Crippen LogP contribution in [0.2, 0.25) is 0 Å². The van der Waals surface area contributed by atoms with Gasteiger partial charge in [-0.2, -0.15) is 0 Å². The predicted molar refractivity (Wildman–Crippen MR) is 77.6 cm³/mol. The SMILES string of the molecule is O=C(CNc1ccc(Br)cc1)Nc1cc(F)ccc1F. The van der Waals surface area contributed by atoms with E-state index in [2.05, 4.69) is 26.6 Å². The van der Waals surface area contributed by atoms with E-state index in [1.807, 2.05) is 12.1 Å².